The third-order valence-electron chi connectivity index (χ3n) is 3.21. The molecular formula is C17H17N3O3. The Bertz CT molecular complexity index is 727. The minimum Gasteiger partial charge on any atom is -0.267 e. The van der Waals surface area contributed by atoms with E-state index in [0.717, 1.165) is 24.1 Å². The maximum absolute atomic E-state index is 12.1. The van der Waals surface area contributed by atoms with Gasteiger partial charge in [0, 0.05) is 17.7 Å². The summed E-state index contributed by atoms with van der Waals surface area (Å²) in [4.78, 5) is 22.3. The lowest BCUT2D eigenvalue weighted by molar-refractivity contribution is -0.384. The van der Waals surface area contributed by atoms with Crippen molar-refractivity contribution in [2.24, 2.45) is 5.10 Å². The summed E-state index contributed by atoms with van der Waals surface area (Å²) < 4.78 is 0. The highest BCUT2D eigenvalue weighted by atomic mass is 16.6. The molecule has 0 aliphatic carbocycles. The number of amides is 1. The molecule has 0 unspecified atom stereocenters. The number of carbonyl (C=O) groups excluding carboxylic acids is 1. The fourth-order valence-corrected chi connectivity index (χ4v) is 2.08. The summed E-state index contributed by atoms with van der Waals surface area (Å²) in [6.45, 7) is 2.03. The molecule has 0 fully saturated rings. The molecule has 2 aromatic carbocycles. The summed E-state index contributed by atoms with van der Waals surface area (Å²) in [7, 11) is 0. The minimum absolute atomic E-state index is 0.126. The molecule has 2 aromatic rings. The van der Waals surface area contributed by atoms with E-state index < -0.39 is 10.8 Å². The standard InChI is InChI=1S/C17H17N3O3/c1-2-7-16(13-8-4-3-5-9-13)18-19-17(21)14-10-6-11-15(12-14)20(22)23/h3-6,8-12H,2,7H2,1H3,(H,19,21)/b18-16+. The Morgan fingerprint density at radius 1 is 1.13 bits per heavy atom. The number of nitro benzene ring substituents is 1. The molecule has 0 heterocycles. The topological polar surface area (TPSA) is 84.6 Å². The van der Waals surface area contributed by atoms with Crippen molar-refractivity contribution in [1.82, 2.24) is 5.43 Å². The second-order valence-corrected chi connectivity index (χ2v) is 4.92. The van der Waals surface area contributed by atoms with Crippen molar-refractivity contribution in [2.75, 3.05) is 0 Å². The zero-order valence-corrected chi connectivity index (χ0v) is 12.7. The number of benzene rings is 2. The first-order valence-electron chi connectivity index (χ1n) is 7.28. The molecule has 0 spiro atoms. The summed E-state index contributed by atoms with van der Waals surface area (Å²) in [6, 6.07) is 15.1. The second kappa shape index (κ2) is 7.84. The first-order valence-corrected chi connectivity index (χ1v) is 7.28. The summed E-state index contributed by atoms with van der Waals surface area (Å²) in [5.41, 5.74) is 4.26. The van der Waals surface area contributed by atoms with Gasteiger partial charge in [-0.1, -0.05) is 49.7 Å². The fraction of sp³-hybridized carbons (Fsp3) is 0.176. The second-order valence-electron chi connectivity index (χ2n) is 4.92. The van der Waals surface area contributed by atoms with Crippen LogP contribution >= 0.6 is 0 Å². The van der Waals surface area contributed by atoms with Gasteiger partial charge in [0.05, 0.1) is 10.6 Å². The number of hydrogen-bond donors (Lipinski definition) is 1. The monoisotopic (exact) mass is 311 g/mol. The third-order valence-corrected chi connectivity index (χ3v) is 3.21. The number of hydrazone groups is 1. The molecule has 6 nitrogen and oxygen atoms in total. The van der Waals surface area contributed by atoms with Gasteiger partial charge in [-0.15, -0.1) is 0 Å². The Morgan fingerprint density at radius 3 is 2.48 bits per heavy atom. The molecule has 23 heavy (non-hydrogen) atoms. The van der Waals surface area contributed by atoms with Crippen LogP contribution in [0.2, 0.25) is 0 Å². The number of nitro groups is 1. The Kier molecular flexibility index (Phi) is 5.57. The molecule has 0 saturated heterocycles. The molecule has 1 N–H and O–H groups in total. The molecule has 6 heteroatoms. The largest absolute Gasteiger partial charge is 0.271 e. The van der Waals surface area contributed by atoms with Crippen LogP contribution in [0.15, 0.2) is 59.7 Å². The molecular weight excluding hydrogens is 294 g/mol. The zero-order chi connectivity index (χ0) is 16.7. The summed E-state index contributed by atoms with van der Waals surface area (Å²) >= 11 is 0. The lowest BCUT2D eigenvalue weighted by atomic mass is 10.1. The average molecular weight is 311 g/mol. The lowest BCUT2D eigenvalue weighted by Crippen LogP contribution is -2.20. The minimum atomic E-state index is -0.535. The Labute approximate surface area is 134 Å². The highest BCUT2D eigenvalue weighted by Gasteiger charge is 2.11. The van der Waals surface area contributed by atoms with Gasteiger partial charge in [-0.25, -0.2) is 5.43 Å². The van der Waals surface area contributed by atoms with Crippen molar-refractivity contribution < 1.29 is 9.72 Å². The van der Waals surface area contributed by atoms with Crippen molar-refractivity contribution in [3.8, 4) is 0 Å². The third kappa shape index (κ3) is 4.47. The van der Waals surface area contributed by atoms with Crippen LogP contribution in [-0.2, 0) is 0 Å². The van der Waals surface area contributed by atoms with Crippen LogP contribution in [-0.4, -0.2) is 16.5 Å². The SMILES string of the molecule is CCC/C(=N\NC(=O)c1cccc([N+](=O)[O-])c1)c1ccccc1. The quantitative estimate of drug-likeness (QED) is 0.503. The summed E-state index contributed by atoms with van der Waals surface area (Å²) in [6.07, 6.45) is 1.61. The molecule has 118 valence electrons. The van der Waals surface area contributed by atoms with Crippen LogP contribution in [0.4, 0.5) is 5.69 Å². The number of carbonyl (C=O) groups is 1. The van der Waals surface area contributed by atoms with Crippen molar-refractivity contribution >= 4 is 17.3 Å². The van der Waals surface area contributed by atoms with E-state index in [-0.39, 0.29) is 11.3 Å². The Morgan fingerprint density at radius 2 is 1.83 bits per heavy atom. The molecule has 2 rings (SSSR count). The van der Waals surface area contributed by atoms with Crippen molar-refractivity contribution in [3.63, 3.8) is 0 Å². The maximum atomic E-state index is 12.1. The molecule has 0 saturated carbocycles. The van der Waals surface area contributed by atoms with Gasteiger partial charge in [0.2, 0.25) is 0 Å². The number of non-ortho nitro benzene ring substituents is 1. The fourth-order valence-electron chi connectivity index (χ4n) is 2.08. The number of rotatable bonds is 6. The number of hydrogen-bond acceptors (Lipinski definition) is 4. The average Bonchev–Trinajstić information content (AvgIpc) is 2.59. The van der Waals surface area contributed by atoms with Crippen molar-refractivity contribution in [2.45, 2.75) is 19.8 Å². The van der Waals surface area contributed by atoms with Crippen LogP contribution in [0.25, 0.3) is 0 Å². The van der Waals surface area contributed by atoms with Gasteiger partial charge in [-0.05, 0) is 18.1 Å². The summed E-state index contributed by atoms with van der Waals surface area (Å²) in [5, 5.41) is 14.9. The van der Waals surface area contributed by atoms with Crippen LogP contribution in [0.3, 0.4) is 0 Å². The van der Waals surface area contributed by atoms with E-state index in [0.29, 0.717) is 0 Å². The molecule has 0 atom stereocenters. The van der Waals surface area contributed by atoms with Gasteiger partial charge in [0.25, 0.3) is 11.6 Å². The Hall–Kier alpha value is -3.02. The summed E-state index contributed by atoms with van der Waals surface area (Å²) in [5.74, 6) is -0.474. The van der Waals surface area contributed by atoms with Gasteiger partial charge in [-0.2, -0.15) is 5.10 Å². The molecule has 0 aromatic heterocycles. The van der Waals surface area contributed by atoms with Crippen LogP contribution < -0.4 is 5.43 Å². The smallest absolute Gasteiger partial charge is 0.267 e. The number of nitrogens with zero attached hydrogens (tertiary/aromatic N) is 2. The van der Waals surface area contributed by atoms with Gasteiger partial charge in [0.15, 0.2) is 0 Å². The van der Waals surface area contributed by atoms with Gasteiger partial charge in [0.1, 0.15) is 0 Å². The molecule has 1 amide bonds. The van der Waals surface area contributed by atoms with Gasteiger partial charge < -0.3 is 0 Å². The molecule has 0 bridgehead atoms. The molecule has 0 aliphatic heterocycles. The number of nitrogens with one attached hydrogen (secondary N) is 1. The first-order chi connectivity index (χ1) is 11.1. The van der Waals surface area contributed by atoms with E-state index in [1.54, 1.807) is 0 Å². The van der Waals surface area contributed by atoms with E-state index in [2.05, 4.69) is 10.5 Å². The van der Waals surface area contributed by atoms with E-state index in [1.165, 1.54) is 24.3 Å². The van der Waals surface area contributed by atoms with E-state index in [1.807, 2.05) is 37.3 Å². The predicted molar refractivity (Wildman–Crippen MR) is 88.4 cm³/mol. The van der Waals surface area contributed by atoms with Crippen LogP contribution in [0, 0.1) is 10.1 Å². The normalized spacial score (nSPS) is 11.1. The van der Waals surface area contributed by atoms with E-state index >= 15 is 0 Å². The maximum Gasteiger partial charge on any atom is 0.271 e. The van der Waals surface area contributed by atoms with E-state index in [9.17, 15) is 14.9 Å². The highest BCUT2D eigenvalue weighted by molar-refractivity contribution is 6.02. The van der Waals surface area contributed by atoms with Crippen molar-refractivity contribution in [3.05, 3.63) is 75.8 Å². The van der Waals surface area contributed by atoms with Crippen molar-refractivity contribution in [1.29, 1.82) is 0 Å². The van der Waals surface area contributed by atoms with Crippen LogP contribution in [0.1, 0.15) is 35.7 Å². The zero-order valence-electron chi connectivity index (χ0n) is 12.7. The van der Waals surface area contributed by atoms with Gasteiger partial charge in [-0.3, -0.25) is 14.9 Å². The predicted octanol–water partition coefficient (Wildman–Crippen LogP) is 3.53. The highest BCUT2D eigenvalue weighted by Crippen LogP contribution is 2.13. The Balaban J connectivity index is 2.17. The molecule has 0 radical (unpaired) electrons. The van der Waals surface area contributed by atoms with E-state index in [4.69, 9.17) is 0 Å². The van der Waals surface area contributed by atoms with Gasteiger partial charge >= 0.3 is 0 Å². The first kappa shape index (κ1) is 16.4. The lowest BCUT2D eigenvalue weighted by Gasteiger charge is -2.06. The van der Waals surface area contributed by atoms with Crippen LogP contribution in [0.5, 0.6) is 0 Å². The molecule has 0 aliphatic rings.